The number of hydrogen-bond donors (Lipinski definition) is 0. The average molecular weight is 300 g/mol. The molecule has 1 heterocycles. The summed E-state index contributed by atoms with van der Waals surface area (Å²) in [4.78, 5) is 18.1. The van der Waals surface area contributed by atoms with Crippen molar-refractivity contribution >= 4 is 22.9 Å². The SMILES string of the molecule is CN(C)c1cccc(C(=O)N(Cc2cccs2)C2CC2)c1. The van der Waals surface area contributed by atoms with Gasteiger partial charge in [0.1, 0.15) is 0 Å². The molecule has 21 heavy (non-hydrogen) atoms. The van der Waals surface area contributed by atoms with Gasteiger partial charge < -0.3 is 9.80 Å². The van der Waals surface area contributed by atoms with Crippen molar-refractivity contribution < 1.29 is 4.79 Å². The van der Waals surface area contributed by atoms with Gasteiger partial charge in [0.25, 0.3) is 5.91 Å². The Balaban J connectivity index is 1.82. The summed E-state index contributed by atoms with van der Waals surface area (Å²) >= 11 is 1.71. The van der Waals surface area contributed by atoms with Crippen molar-refractivity contribution in [2.75, 3.05) is 19.0 Å². The van der Waals surface area contributed by atoms with E-state index in [9.17, 15) is 4.79 Å². The summed E-state index contributed by atoms with van der Waals surface area (Å²) in [5, 5.41) is 2.07. The Morgan fingerprint density at radius 1 is 1.24 bits per heavy atom. The molecule has 1 aromatic carbocycles. The molecule has 3 rings (SSSR count). The van der Waals surface area contributed by atoms with Gasteiger partial charge in [0.2, 0.25) is 0 Å². The van der Waals surface area contributed by atoms with Crippen LogP contribution in [0.5, 0.6) is 0 Å². The highest BCUT2D eigenvalue weighted by molar-refractivity contribution is 7.09. The molecule has 0 aliphatic heterocycles. The Labute approximate surface area is 129 Å². The van der Waals surface area contributed by atoms with E-state index in [-0.39, 0.29) is 5.91 Å². The Hall–Kier alpha value is -1.81. The number of rotatable bonds is 5. The predicted molar refractivity (Wildman–Crippen MR) is 88.0 cm³/mol. The van der Waals surface area contributed by atoms with Gasteiger partial charge >= 0.3 is 0 Å². The van der Waals surface area contributed by atoms with Gasteiger partial charge in [0.15, 0.2) is 0 Å². The van der Waals surface area contributed by atoms with Crippen molar-refractivity contribution in [2.45, 2.75) is 25.4 Å². The lowest BCUT2D eigenvalue weighted by molar-refractivity contribution is 0.0732. The van der Waals surface area contributed by atoms with Crippen molar-refractivity contribution in [2.24, 2.45) is 0 Å². The third-order valence-corrected chi connectivity index (χ3v) is 4.63. The maximum Gasteiger partial charge on any atom is 0.254 e. The van der Waals surface area contributed by atoms with E-state index in [0.29, 0.717) is 6.04 Å². The van der Waals surface area contributed by atoms with E-state index in [4.69, 9.17) is 0 Å². The molecule has 3 nitrogen and oxygen atoms in total. The summed E-state index contributed by atoms with van der Waals surface area (Å²) in [7, 11) is 3.99. The van der Waals surface area contributed by atoms with Gasteiger partial charge in [-0.25, -0.2) is 0 Å². The third kappa shape index (κ3) is 3.27. The van der Waals surface area contributed by atoms with E-state index in [1.54, 1.807) is 11.3 Å². The molecule has 0 unspecified atom stereocenters. The van der Waals surface area contributed by atoms with Crippen LogP contribution in [0.1, 0.15) is 28.1 Å². The number of carbonyl (C=O) groups excluding carboxylic acids is 1. The van der Waals surface area contributed by atoms with Crippen molar-refractivity contribution in [3.05, 3.63) is 52.2 Å². The molecule has 0 saturated heterocycles. The number of thiophene rings is 1. The topological polar surface area (TPSA) is 23.6 Å². The lowest BCUT2D eigenvalue weighted by Gasteiger charge is -2.22. The van der Waals surface area contributed by atoms with Crippen LogP contribution < -0.4 is 4.90 Å². The summed E-state index contributed by atoms with van der Waals surface area (Å²) in [5.74, 6) is 0.148. The average Bonchev–Trinajstić information content (AvgIpc) is 3.20. The van der Waals surface area contributed by atoms with Gasteiger partial charge in [-0.2, -0.15) is 0 Å². The highest BCUT2D eigenvalue weighted by Crippen LogP contribution is 2.31. The molecule has 0 atom stereocenters. The first kappa shape index (κ1) is 14.1. The zero-order valence-electron chi connectivity index (χ0n) is 12.5. The first-order valence-corrected chi connectivity index (χ1v) is 8.14. The standard InChI is InChI=1S/C17H20N2OS/c1-18(2)15-6-3-5-13(11-15)17(20)19(14-8-9-14)12-16-7-4-10-21-16/h3-7,10-11,14H,8-9,12H2,1-2H3. The summed E-state index contributed by atoms with van der Waals surface area (Å²) in [6, 6.07) is 12.4. The minimum absolute atomic E-state index is 0.148. The first-order valence-electron chi connectivity index (χ1n) is 7.26. The molecular formula is C17H20N2OS. The minimum atomic E-state index is 0.148. The largest absolute Gasteiger partial charge is 0.378 e. The smallest absolute Gasteiger partial charge is 0.254 e. The zero-order valence-corrected chi connectivity index (χ0v) is 13.3. The molecule has 1 fully saturated rings. The number of anilines is 1. The van der Waals surface area contributed by atoms with Crippen LogP contribution in [-0.4, -0.2) is 30.9 Å². The molecule has 0 radical (unpaired) electrons. The molecule has 4 heteroatoms. The van der Waals surface area contributed by atoms with Crippen LogP contribution >= 0.6 is 11.3 Å². The molecule has 0 bridgehead atoms. The van der Waals surface area contributed by atoms with Crippen LogP contribution in [0, 0.1) is 0 Å². The number of nitrogens with zero attached hydrogens (tertiary/aromatic N) is 2. The molecule has 1 amide bonds. The molecule has 2 aromatic rings. The van der Waals surface area contributed by atoms with Gasteiger partial charge in [-0.3, -0.25) is 4.79 Å². The van der Waals surface area contributed by atoms with Gasteiger partial charge in [0.05, 0.1) is 6.54 Å². The fourth-order valence-corrected chi connectivity index (χ4v) is 3.11. The maximum absolute atomic E-state index is 12.8. The fourth-order valence-electron chi connectivity index (χ4n) is 2.41. The van der Waals surface area contributed by atoms with Crippen molar-refractivity contribution in [1.29, 1.82) is 0 Å². The zero-order chi connectivity index (χ0) is 14.8. The second-order valence-electron chi connectivity index (χ2n) is 5.69. The Kier molecular flexibility index (Phi) is 3.97. The van der Waals surface area contributed by atoms with Crippen LogP contribution in [0.3, 0.4) is 0 Å². The van der Waals surface area contributed by atoms with E-state index in [1.807, 2.05) is 54.2 Å². The lowest BCUT2D eigenvalue weighted by atomic mass is 10.1. The van der Waals surface area contributed by atoms with Gasteiger partial charge in [-0.05, 0) is 42.5 Å². The number of amides is 1. The molecule has 0 N–H and O–H groups in total. The van der Waals surface area contributed by atoms with Crippen LogP contribution in [0.2, 0.25) is 0 Å². The quantitative estimate of drug-likeness (QED) is 0.842. The number of hydrogen-bond acceptors (Lipinski definition) is 3. The van der Waals surface area contributed by atoms with E-state index >= 15 is 0 Å². The fraction of sp³-hybridized carbons (Fsp3) is 0.353. The monoisotopic (exact) mass is 300 g/mol. The van der Waals surface area contributed by atoms with Crippen LogP contribution in [0.25, 0.3) is 0 Å². The minimum Gasteiger partial charge on any atom is -0.378 e. The molecule has 110 valence electrons. The summed E-state index contributed by atoms with van der Waals surface area (Å²) in [5.41, 5.74) is 1.84. The predicted octanol–water partition coefficient (Wildman–Crippen LogP) is 3.62. The molecular weight excluding hydrogens is 280 g/mol. The maximum atomic E-state index is 12.8. The molecule has 1 saturated carbocycles. The summed E-state index contributed by atoms with van der Waals surface area (Å²) in [6.45, 7) is 0.730. The van der Waals surface area contributed by atoms with Crippen molar-refractivity contribution in [3.63, 3.8) is 0 Å². The summed E-state index contributed by atoms with van der Waals surface area (Å²) in [6.07, 6.45) is 2.26. The van der Waals surface area contributed by atoms with Gasteiger partial charge in [-0.1, -0.05) is 12.1 Å². The van der Waals surface area contributed by atoms with E-state index in [1.165, 1.54) is 4.88 Å². The van der Waals surface area contributed by atoms with Gasteiger partial charge in [0, 0.05) is 36.3 Å². The lowest BCUT2D eigenvalue weighted by Crippen LogP contribution is -2.32. The van der Waals surface area contributed by atoms with Crippen molar-refractivity contribution in [3.8, 4) is 0 Å². The van der Waals surface area contributed by atoms with E-state index < -0.39 is 0 Å². The highest BCUT2D eigenvalue weighted by Gasteiger charge is 2.33. The van der Waals surface area contributed by atoms with Crippen LogP contribution in [-0.2, 0) is 6.54 Å². The Morgan fingerprint density at radius 3 is 2.67 bits per heavy atom. The molecule has 0 spiro atoms. The van der Waals surface area contributed by atoms with Crippen LogP contribution in [0.4, 0.5) is 5.69 Å². The first-order chi connectivity index (χ1) is 10.1. The number of benzene rings is 1. The van der Waals surface area contributed by atoms with Crippen LogP contribution in [0.15, 0.2) is 41.8 Å². The second-order valence-corrected chi connectivity index (χ2v) is 6.72. The Bertz CT molecular complexity index is 617. The Morgan fingerprint density at radius 2 is 2.05 bits per heavy atom. The van der Waals surface area contributed by atoms with E-state index in [2.05, 4.69) is 11.4 Å². The van der Waals surface area contributed by atoms with E-state index in [0.717, 1.165) is 30.6 Å². The second kappa shape index (κ2) is 5.90. The normalized spacial score (nSPS) is 14.0. The highest BCUT2D eigenvalue weighted by atomic mass is 32.1. The molecule has 1 aliphatic carbocycles. The molecule has 1 aliphatic rings. The molecule has 1 aromatic heterocycles. The van der Waals surface area contributed by atoms with Gasteiger partial charge in [-0.15, -0.1) is 11.3 Å². The number of carbonyl (C=O) groups is 1. The van der Waals surface area contributed by atoms with Crippen molar-refractivity contribution in [1.82, 2.24) is 4.90 Å². The summed E-state index contributed by atoms with van der Waals surface area (Å²) < 4.78 is 0. The third-order valence-electron chi connectivity index (χ3n) is 3.76.